The summed E-state index contributed by atoms with van der Waals surface area (Å²) < 4.78 is 48.9. The Labute approximate surface area is 129 Å². The third-order valence-corrected chi connectivity index (χ3v) is 4.52. The summed E-state index contributed by atoms with van der Waals surface area (Å²) >= 11 is 0.962. The van der Waals surface area contributed by atoms with Crippen molar-refractivity contribution in [3.05, 3.63) is 0 Å². The molecule has 4 N–H and O–H groups in total. The predicted octanol–water partition coefficient (Wildman–Crippen LogP) is 0.611. The number of aliphatic hydroxyl groups is 2. The van der Waals surface area contributed by atoms with Crippen molar-refractivity contribution < 1.29 is 32.9 Å². The summed E-state index contributed by atoms with van der Waals surface area (Å²) in [6.45, 7) is 2.21. The topological polar surface area (TPSA) is 97.3 Å². The molecule has 6 atom stereocenters. The molecule has 2 heterocycles. The molecule has 1 fully saturated rings. The zero-order chi connectivity index (χ0) is 16.5. The van der Waals surface area contributed by atoms with Crippen molar-refractivity contribution in [1.29, 1.82) is 0 Å². The largest absolute Gasteiger partial charge is 0.417 e. The SMILES string of the molecule is CCCCO[C@H]1[C@H](O)[C@@H]([C@@H](O)C(F)(F)F)O[C@@H]2SC(N)=N[C@H]12. The van der Waals surface area contributed by atoms with E-state index in [0.717, 1.165) is 18.2 Å². The number of alkyl halides is 3. The summed E-state index contributed by atoms with van der Waals surface area (Å²) in [5, 5.41) is 19.7. The molecule has 22 heavy (non-hydrogen) atoms. The van der Waals surface area contributed by atoms with Crippen LogP contribution in [-0.2, 0) is 9.47 Å². The van der Waals surface area contributed by atoms with E-state index in [1.165, 1.54) is 0 Å². The lowest BCUT2D eigenvalue weighted by Gasteiger charge is -2.42. The number of nitrogens with zero attached hydrogens (tertiary/aromatic N) is 1. The van der Waals surface area contributed by atoms with Crippen molar-refractivity contribution in [2.24, 2.45) is 10.7 Å². The lowest BCUT2D eigenvalue weighted by Crippen LogP contribution is -2.61. The van der Waals surface area contributed by atoms with Crippen molar-refractivity contribution in [3.8, 4) is 0 Å². The highest BCUT2D eigenvalue weighted by Gasteiger charge is 2.56. The van der Waals surface area contributed by atoms with Crippen LogP contribution in [0.4, 0.5) is 13.2 Å². The van der Waals surface area contributed by atoms with Gasteiger partial charge in [0.15, 0.2) is 11.3 Å². The van der Waals surface area contributed by atoms with Crippen LogP contribution in [0.5, 0.6) is 0 Å². The van der Waals surface area contributed by atoms with Gasteiger partial charge in [0.05, 0.1) is 0 Å². The lowest BCUT2D eigenvalue weighted by molar-refractivity contribution is -0.275. The zero-order valence-corrected chi connectivity index (χ0v) is 12.7. The fraction of sp³-hybridized carbons (Fsp3) is 0.917. The van der Waals surface area contributed by atoms with Crippen LogP contribution in [0.15, 0.2) is 4.99 Å². The molecule has 0 bridgehead atoms. The van der Waals surface area contributed by atoms with E-state index < -0.39 is 42.1 Å². The van der Waals surface area contributed by atoms with E-state index >= 15 is 0 Å². The van der Waals surface area contributed by atoms with Crippen LogP contribution in [0, 0.1) is 0 Å². The molecular formula is C12H19F3N2O4S. The van der Waals surface area contributed by atoms with Gasteiger partial charge < -0.3 is 25.4 Å². The maximum absolute atomic E-state index is 12.7. The summed E-state index contributed by atoms with van der Waals surface area (Å²) in [6, 6.07) is -0.687. The number of ether oxygens (including phenoxy) is 2. The third-order valence-electron chi connectivity index (χ3n) is 3.55. The number of hydrogen-bond acceptors (Lipinski definition) is 7. The number of aliphatic imine (C=N–C) groups is 1. The van der Waals surface area contributed by atoms with Crippen LogP contribution in [0.2, 0.25) is 0 Å². The molecule has 2 rings (SSSR count). The first-order valence-corrected chi connectivity index (χ1v) is 7.83. The van der Waals surface area contributed by atoms with E-state index in [1.54, 1.807) is 0 Å². The molecule has 0 aromatic rings. The van der Waals surface area contributed by atoms with Gasteiger partial charge in [0.1, 0.15) is 29.8 Å². The summed E-state index contributed by atoms with van der Waals surface area (Å²) in [6.07, 6.45) is -10.7. The molecule has 0 spiro atoms. The van der Waals surface area contributed by atoms with Gasteiger partial charge in [-0.2, -0.15) is 13.2 Å². The first-order chi connectivity index (χ1) is 10.3. The van der Waals surface area contributed by atoms with Gasteiger partial charge in [0.25, 0.3) is 0 Å². The molecule has 0 aromatic carbocycles. The number of fused-ring (bicyclic) bond motifs is 1. The van der Waals surface area contributed by atoms with E-state index in [9.17, 15) is 23.4 Å². The maximum atomic E-state index is 12.7. The Morgan fingerprint density at radius 3 is 2.77 bits per heavy atom. The number of amidine groups is 1. The van der Waals surface area contributed by atoms with E-state index in [0.29, 0.717) is 6.42 Å². The molecule has 0 amide bonds. The Balaban J connectivity index is 2.16. The second-order valence-corrected chi connectivity index (χ2v) is 6.33. The van der Waals surface area contributed by atoms with Crippen LogP contribution in [0.25, 0.3) is 0 Å². The molecule has 2 aliphatic rings. The molecule has 2 aliphatic heterocycles. The van der Waals surface area contributed by atoms with Gasteiger partial charge in [-0.3, -0.25) is 4.99 Å². The van der Waals surface area contributed by atoms with E-state index in [4.69, 9.17) is 15.2 Å². The quantitative estimate of drug-likeness (QED) is 0.633. The van der Waals surface area contributed by atoms with Gasteiger partial charge in [-0.15, -0.1) is 0 Å². The second kappa shape index (κ2) is 6.91. The smallest absolute Gasteiger partial charge is 0.387 e. The Morgan fingerprint density at radius 1 is 1.50 bits per heavy atom. The molecule has 10 heteroatoms. The molecule has 0 radical (unpaired) electrons. The molecule has 0 saturated carbocycles. The van der Waals surface area contributed by atoms with Crippen molar-refractivity contribution in [2.75, 3.05) is 6.61 Å². The van der Waals surface area contributed by atoms with Crippen LogP contribution < -0.4 is 5.73 Å². The van der Waals surface area contributed by atoms with Crippen molar-refractivity contribution in [1.82, 2.24) is 0 Å². The molecule has 128 valence electrons. The second-order valence-electron chi connectivity index (χ2n) is 5.21. The highest BCUT2D eigenvalue weighted by Crippen LogP contribution is 2.39. The lowest BCUT2D eigenvalue weighted by atomic mass is 9.94. The number of unbranched alkanes of at least 4 members (excludes halogenated alkanes) is 1. The number of rotatable bonds is 5. The molecule has 1 saturated heterocycles. The normalized spacial score (nSPS) is 36.8. The van der Waals surface area contributed by atoms with Crippen LogP contribution in [0.1, 0.15) is 19.8 Å². The average molecular weight is 344 g/mol. The zero-order valence-electron chi connectivity index (χ0n) is 11.9. The minimum atomic E-state index is -4.90. The summed E-state index contributed by atoms with van der Waals surface area (Å²) in [7, 11) is 0. The van der Waals surface area contributed by atoms with Gasteiger partial charge in [-0.1, -0.05) is 25.1 Å². The number of nitrogens with two attached hydrogens (primary N) is 1. The van der Waals surface area contributed by atoms with E-state index in [-0.39, 0.29) is 11.8 Å². The minimum absolute atomic E-state index is 0.161. The fourth-order valence-corrected chi connectivity index (χ4v) is 3.36. The number of thioether (sulfide) groups is 1. The fourth-order valence-electron chi connectivity index (χ4n) is 2.40. The van der Waals surface area contributed by atoms with Crippen LogP contribution in [0.3, 0.4) is 0 Å². The van der Waals surface area contributed by atoms with Crippen LogP contribution in [-0.4, -0.2) is 64.1 Å². The maximum Gasteiger partial charge on any atom is 0.417 e. The monoisotopic (exact) mass is 344 g/mol. The van der Waals surface area contributed by atoms with Gasteiger partial charge in [-0.25, -0.2) is 0 Å². The molecule has 0 aliphatic carbocycles. The Hall–Kier alpha value is -0.550. The Morgan fingerprint density at radius 2 is 2.18 bits per heavy atom. The Kier molecular flexibility index (Phi) is 5.59. The molecule has 6 nitrogen and oxygen atoms in total. The highest BCUT2D eigenvalue weighted by atomic mass is 32.2. The molecular weight excluding hydrogens is 325 g/mol. The van der Waals surface area contributed by atoms with E-state index in [1.807, 2.05) is 6.92 Å². The number of hydrogen-bond donors (Lipinski definition) is 3. The van der Waals surface area contributed by atoms with Crippen LogP contribution >= 0.6 is 11.8 Å². The highest BCUT2D eigenvalue weighted by molar-refractivity contribution is 8.14. The Bertz CT molecular complexity index is 424. The van der Waals surface area contributed by atoms with E-state index in [2.05, 4.69) is 4.99 Å². The summed E-state index contributed by atoms with van der Waals surface area (Å²) in [4.78, 5) is 4.06. The van der Waals surface area contributed by atoms with Crippen molar-refractivity contribution in [2.45, 2.75) is 61.8 Å². The molecule has 0 aromatic heterocycles. The summed E-state index contributed by atoms with van der Waals surface area (Å²) in [5.74, 6) is 0. The standard InChI is InChI=1S/C12H19F3N2O4S/c1-2-3-4-20-7-5-10(22-11(16)17-5)21-8(6(7)18)9(19)12(13,14)15/h5-10,18-19H,2-4H2,1H3,(H2,16,17)/t5-,6+,7-,8+,9-,10-/m1/s1. The summed E-state index contributed by atoms with van der Waals surface area (Å²) in [5.41, 5.74) is 4.77. The third kappa shape index (κ3) is 3.67. The van der Waals surface area contributed by atoms with Gasteiger partial charge in [-0.05, 0) is 6.42 Å². The minimum Gasteiger partial charge on any atom is -0.387 e. The first-order valence-electron chi connectivity index (χ1n) is 6.95. The molecule has 0 unspecified atom stereocenters. The first kappa shape index (κ1) is 17.8. The van der Waals surface area contributed by atoms with Gasteiger partial charge in [0.2, 0.25) is 0 Å². The number of aliphatic hydroxyl groups excluding tert-OH is 2. The van der Waals surface area contributed by atoms with Crippen molar-refractivity contribution in [3.63, 3.8) is 0 Å². The number of halogens is 3. The van der Waals surface area contributed by atoms with Gasteiger partial charge in [0, 0.05) is 6.61 Å². The predicted molar refractivity (Wildman–Crippen MR) is 74.4 cm³/mol. The van der Waals surface area contributed by atoms with Gasteiger partial charge >= 0.3 is 6.18 Å². The van der Waals surface area contributed by atoms with Crippen molar-refractivity contribution >= 4 is 16.9 Å². The average Bonchev–Trinajstić information content (AvgIpc) is 2.79.